The first-order valence-electron chi connectivity index (χ1n) is 4.90. The van der Waals surface area contributed by atoms with E-state index in [2.05, 4.69) is 5.32 Å². The van der Waals surface area contributed by atoms with Crippen molar-refractivity contribution in [1.82, 2.24) is 10.2 Å². The van der Waals surface area contributed by atoms with E-state index >= 15 is 0 Å². The van der Waals surface area contributed by atoms with Crippen LogP contribution in [0.1, 0.15) is 13.3 Å². The van der Waals surface area contributed by atoms with Crippen LogP contribution in [0.4, 0.5) is 0 Å². The number of nitrogens with one attached hydrogen (secondary N) is 1. The van der Waals surface area contributed by atoms with Gasteiger partial charge in [0.05, 0.1) is 6.10 Å². The number of carbonyl (C=O) groups is 2. The van der Waals surface area contributed by atoms with Gasteiger partial charge in [0.25, 0.3) is 0 Å². The molecule has 15 heavy (non-hydrogen) atoms. The average molecular weight is 217 g/mol. The van der Waals surface area contributed by atoms with Gasteiger partial charge in [0.2, 0.25) is 0 Å². The average Bonchev–Trinajstić information content (AvgIpc) is 2.21. The maximum absolute atomic E-state index is 11.4. The molecule has 0 aromatic carbocycles. The third-order valence-corrected chi connectivity index (χ3v) is 1.85. The molecule has 6 heteroatoms. The van der Waals surface area contributed by atoms with Gasteiger partial charge in [0.1, 0.15) is 0 Å². The van der Waals surface area contributed by atoms with Gasteiger partial charge in [-0.2, -0.15) is 0 Å². The number of aliphatic hydroxyl groups excluding tert-OH is 1. The molecule has 0 rings (SSSR count). The van der Waals surface area contributed by atoms with Gasteiger partial charge in [-0.15, -0.1) is 0 Å². The highest BCUT2D eigenvalue weighted by Crippen LogP contribution is 1.93. The molecule has 1 atom stereocenters. The number of nitrogens with two attached hydrogens (primary N) is 1. The monoisotopic (exact) mass is 217 g/mol. The van der Waals surface area contributed by atoms with E-state index in [-0.39, 0.29) is 6.54 Å². The molecule has 0 aromatic rings. The van der Waals surface area contributed by atoms with Crippen LogP contribution >= 0.6 is 0 Å². The molecule has 1 unspecified atom stereocenters. The second-order valence-corrected chi connectivity index (χ2v) is 3.41. The maximum Gasteiger partial charge on any atom is 0.311 e. The first-order valence-corrected chi connectivity index (χ1v) is 4.90. The minimum Gasteiger partial charge on any atom is -0.393 e. The summed E-state index contributed by atoms with van der Waals surface area (Å²) in [5, 5.41) is 11.4. The molecule has 0 radical (unpaired) electrons. The summed E-state index contributed by atoms with van der Waals surface area (Å²) in [6.07, 6.45) is -0.0285. The van der Waals surface area contributed by atoms with Crippen LogP contribution < -0.4 is 11.1 Å². The number of rotatable bonds is 5. The lowest BCUT2D eigenvalue weighted by Gasteiger charge is -2.17. The Bertz CT molecular complexity index is 219. The van der Waals surface area contributed by atoms with Gasteiger partial charge in [-0.1, -0.05) is 0 Å². The van der Waals surface area contributed by atoms with Gasteiger partial charge in [0, 0.05) is 26.7 Å². The summed E-state index contributed by atoms with van der Waals surface area (Å²) in [6, 6.07) is 0. The third kappa shape index (κ3) is 6.03. The fourth-order valence-electron chi connectivity index (χ4n) is 0.917. The number of carbonyl (C=O) groups excluding carboxylic acids is 2. The molecule has 0 aromatic heterocycles. The SMILES string of the molecule is CC(O)CCN(C)C(=O)C(=O)NCCN. The van der Waals surface area contributed by atoms with Crippen molar-refractivity contribution in [2.45, 2.75) is 19.4 Å². The van der Waals surface area contributed by atoms with Crippen molar-refractivity contribution in [3.8, 4) is 0 Å². The Balaban J connectivity index is 3.91. The summed E-state index contributed by atoms with van der Waals surface area (Å²) >= 11 is 0. The topological polar surface area (TPSA) is 95.7 Å². The molecule has 0 saturated heterocycles. The molecule has 0 spiro atoms. The van der Waals surface area contributed by atoms with E-state index in [0.29, 0.717) is 19.5 Å². The van der Waals surface area contributed by atoms with E-state index in [1.165, 1.54) is 11.9 Å². The Kier molecular flexibility index (Phi) is 6.64. The fourth-order valence-corrected chi connectivity index (χ4v) is 0.917. The summed E-state index contributed by atoms with van der Waals surface area (Å²) in [5.41, 5.74) is 5.18. The highest BCUT2D eigenvalue weighted by Gasteiger charge is 2.17. The maximum atomic E-state index is 11.4. The second kappa shape index (κ2) is 7.19. The van der Waals surface area contributed by atoms with E-state index in [4.69, 9.17) is 10.8 Å². The summed E-state index contributed by atoms with van der Waals surface area (Å²) < 4.78 is 0. The third-order valence-electron chi connectivity index (χ3n) is 1.85. The molecule has 0 aliphatic rings. The molecule has 6 nitrogen and oxygen atoms in total. The van der Waals surface area contributed by atoms with Crippen LogP contribution in [-0.4, -0.2) is 54.6 Å². The van der Waals surface area contributed by atoms with Crippen molar-refractivity contribution in [3.63, 3.8) is 0 Å². The van der Waals surface area contributed by atoms with Gasteiger partial charge >= 0.3 is 11.8 Å². The molecule has 0 saturated carbocycles. The van der Waals surface area contributed by atoms with Crippen molar-refractivity contribution in [1.29, 1.82) is 0 Å². The number of hydrogen-bond acceptors (Lipinski definition) is 4. The molecule has 4 N–H and O–H groups in total. The lowest BCUT2D eigenvalue weighted by molar-refractivity contribution is -0.145. The molecular weight excluding hydrogens is 198 g/mol. The minimum absolute atomic E-state index is 0.287. The van der Waals surface area contributed by atoms with Gasteiger partial charge in [-0.3, -0.25) is 9.59 Å². The first kappa shape index (κ1) is 13.9. The Morgan fingerprint density at radius 2 is 2.13 bits per heavy atom. The summed E-state index contributed by atoms with van der Waals surface area (Å²) in [5.74, 6) is -1.27. The highest BCUT2D eigenvalue weighted by atomic mass is 16.3. The van der Waals surface area contributed by atoms with E-state index in [0.717, 1.165) is 0 Å². The van der Waals surface area contributed by atoms with Crippen LogP contribution in [0.5, 0.6) is 0 Å². The molecular formula is C9H19N3O3. The van der Waals surface area contributed by atoms with Crippen molar-refractivity contribution in [2.75, 3.05) is 26.7 Å². The van der Waals surface area contributed by atoms with Crippen LogP contribution in [-0.2, 0) is 9.59 Å². The predicted molar refractivity (Wildman–Crippen MR) is 56.0 cm³/mol. The van der Waals surface area contributed by atoms with Gasteiger partial charge in [-0.25, -0.2) is 0 Å². The first-order chi connectivity index (χ1) is 6.99. The number of nitrogens with zero attached hydrogens (tertiary/aromatic N) is 1. The molecule has 0 fully saturated rings. The van der Waals surface area contributed by atoms with Crippen molar-refractivity contribution >= 4 is 11.8 Å². The quantitative estimate of drug-likeness (QED) is 0.478. The fraction of sp³-hybridized carbons (Fsp3) is 0.778. The minimum atomic E-state index is -0.659. The summed E-state index contributed by atoms with van der Waals surface area (Å²) in [4.78, 5) is 23.8. The van der Waals surface area contributed by atoms with Gasteiger partial charge in [0.15, 0.2) is 0 Å². The number of amides is 2. The zero-order valence-electron chi connectivity index (χ0n) is 9.19. The van der Waals surface area contributed by atoms with Crippen LogP contribution in [0.15, 0.2) is 0 Å². The van der Waals surface area contributed by atoms with E-state index in [1.807, 2.05) is 0 Å². The Morgan fingerprint density at radius 1 is 1.53 bits per heavy atom. The molecule has 0 aliphatic heterocycles. The molecule has 0 bridgehead atoms. The van der Waals surface area contributed by atoms with Crippen LogP contribution in [0.25, 0.3) is 0 Å². The van der Waals surface area contributed by atoms with Gasteiger partial charge in [-0.05, 0) is 13.3 Å². The largest absolute Gasteiger partial charge is 0.393 e. The standard InChI is InChI=1S/C9H19N3O3/c1-7(13)3-6-12(2)9(15)8(14)11-5-4-10/h7,13H,3-6,10H2,1-2H3,(H,11,14). The van der Waals surface area contributed by atoms with E-state index < -0.39 is 17.9 Å². The summed E-state index contributed by atoms with van der Waals surface area (Å²) in [6.45, 7) is 2.57. The number of aliphatic hydroxyl groups is 1. The Labute approximate surface area is 89.4 Å². The zero-order chi connectivity index (χ0) is 11.8. The van der Waals surface area contributed by atoms with E-state index in [1.54, 1.807) is 6.92 Å². The van der Waals surface area contributed by atoms with Crippen LogP contribution in [0, 0.1) is 0 Å². The predicted octanol–water partition coefficient (Wildman–Crippen LogP) is -1.71. The summed E-state index contributed by atoms with van der Waals surface area (Å²) in [7, 11) is 1.52. The molecule has 0 heterocycles. The number of likely N-dealkylation sites (N-methyl/N-ethyl adjacent to an activating group) is 1. The Hall–Kier alpha value is -1.14. The normalized spacial score (nSPS) is 12.0. The Morgan fingerprint density at radius 3 is 2.60 bits per heavy atom. The second-order valence-electron chi connectivity index (χ2n) is 3.41. The molecule has 88 valence electrons. The van der Waals surface area contributed by atoms with Crippen LogP contribution in [0.2, 0.25) is 0 Å². The molecule has 0 aliphatic carbocycles. The highest BCUT2D eigenvalue weighted by molar-refractivity contribution is 6.34. The number of hydrogen-bond donors (Lipinski definition) is 3. The van der Waals surface area contributed by atoms with E-state index in [9.17, 15) is 9.59 Å². The smallest absolute Gasteiger partial charge is 0.311 e. The zero-order valence-corrected chi connectivity index (χ0v) is 9.19. The van der Waals surface area contributed by atoms with Crippen molar-refractivity contribution in [2.24, 2.45) is 5.73 Å². The lowest BCUT2D eigenvalue weighted by Crippen LogP contribution is -2.43. The van der Waals surface area contributed by atoms with Gasteiger partial charge < -0.3 is 21.1 Å². The molecule has 2 amide bonds. The lowest BCUT2D eigenvalue weighted by atomic mass is 10.3. The van der Waals surface area contributed by atoms with Crippen molar-refractivity contribution < 1.29 is 14.7 Å². The van der Waals surface area contributed by atoms with Crippen LogP contribution in [0.3, 0.4) is 0 Å². The van der Waals surface area contributed by atoms with Crippen molar-refractivity contribution in [3.05, 3.63) is 0 Å².